The van der Waals surface area contributed by atoms with Gasteiger partial charge in [-0.25, -0.2) is 0 Å². The molecule has 0 bridgehead atoms. The van der Waals surface area contributed by atoms with Gasteiger partial charge in [0, 0.05) is 26.3 Å². The van der Waals surface area contributed by atoms with Crippen LogP contribution in [-0.4, -0.2) is 25.4 Å². The first-order valence-electron chi connectivity index (χ1n) is 7.73. The molecule has 0 spiro atoms. The Morgan fingerprint density at radius 2 is 2.05 bits per heavy atom. The summed E-state index contributed by atoms with van der Waals surface area (Å²) in [5.41, 5.74) is 2.81. The van der Waals surface area contributed by atoms with Crippen LogP contribution < -0.4 is 5.32 Å². The lowest BCUT2D eigenvalue weighted by Gasteiger charge is -2.43. The molecule has 20 heavy (non-hydrogen) atoms. The maximum absolute atomic E-state index is 10.1. The zero-order valence-corrected chi connectivity index (χ0v) is 12.3. The minimum Gasteiger partial charge on any atom is -0.388 e. The van der Waals surface area contributed by atoms with E-state index in [1.807, 2.05) is 12.1 Å². The Balaban J connectivity index is 1.62. The molecular formula is C17H25NO2. The quantitative estimate of drug-likeness (QED) is 0.838. The van der Waals surface area contributed by atoms with Crippen molar-refractivity contribution in [3.8, 4) is 0 Å². The zero-order chi connectivity index (χ0) is 14.0. The van der Waals surface area contributed by atoms with Crippen LogP contribution in [0.15, 0.2) is 24.3 Å². The third kappa shape index (κ3) is 2.62. The minimum atomic E-state index is -0.306. The Kier molecular flexibility index (Phi) is 4.11. The van der Waals surface area contributed by atoms with Crippen LogP contribution in [0.5, 0.6) is 0 Å². The van der Waals surface area contributed by atoms with Crippen molar-refractivity contribution in [1.29, 1.82) is 0 Å². The number of ether oxygens (including phenoxy) is 1. The highest BCUT2D eigenvalue weighted by Crippen LogP contribution is 2.45. The molecule has 2 N–H and O–H groups in total. The van der Waals surface area contributed by atoms with Gasteiger partial charge in [0.1, 0.15) is 0 Å². The number of aliphatic hydroxyl groups is 1. The Morgan fingerprint density at radius 1 is 1.30 bits per heavy atom. The molecule has 110 valence electrons. The second-order valence-electron chi connectivity index (χ2n) is 6.41. The van der Waals surface area contributed by atoms with Crippen LogP contribution in [0.4, 0.5) is 0 Å². The molecule has 0 radical (unpaired) electrons. The number of rotatable bonds is 6. The summed E-state index contributed by atoms with van der Waals surface area (Å²) >= 11 is 0. The number of nitrogens with one attached hydrogen (secondary N) is 1. The van der Waals surface area contributed by atoms with Gasteiger partial charge in [0.25, 0.3) is 0 Å². The molecule has 0 amide bonds. The maximum Gasteiger partial charge on any atom is 0.0811 e. The first-order valence-corrected chi connectivity index (χ1v) is 7.73. The maximum atomic E-state index is 10.1. The van der Waals surface area contributed by atoms with Crippen molar-refractivity contribution in [2.24, 2.45) is 5.41 Å². The lowest BCUT2D eigenvalue weighted by atomic mass is 9.66. The molecule has 0 aliphatic heterocycles. The van der Waals surface area contributed by atoms with E-state index < -0.39 is 0 Å². The fourth-order valence-corrected chi connectivity index (χ4v) is 3.65. The fraction of sp³-hybridized carbons (Fsp3) is 0.647. The van der Waals surface area contributed by atoms with Gasteiger partial charge in [-0.15, -0.1) is 0 Å². The van der Waals surface area contributed by atoms with Crippen molar-refractivity contribution in [2.75, 3.05) is 20.3 Å². The second-order valence-corrected chi connectivity index (χ2v) is 6.41. The number of aliphatic hydroxyl groups excluding tert-OH is 1. The van der Waals surface area contributed by atoms with Crippen LogP contribution in [0.2, 0.25) is 0 Å². The largest absolute Gasteiger partial charge is 0.388 e. The van der Waals surface area contributed by atoms with E-state index in [9.17, 15) is 5.11 Å². The SMILES string of the molecule is COCCC1(CNC2CC(O)c3ccccc32)CCC1. The molecule has 1 aromatic rings. The highest BCUT2D eigenvalue weighted by molar-refractivity contribution is 5.36. The van der Waals surface area contributed by atoms with Gasteiger partial charge < -0.3 is 15.2 Å². The third-order valence-electron chi connectivity index (χ3n) is 5.16. The molecule has 0 saturated heterocycles. The molecule has 1 aromatic carbocycles. The van der Waals surface area contributed by atoms with Gasteiger partial charge in [0.15, 0.2) is 0 Å². The summed E-state index contributed by atoms with van der Waals surface area (Å²) in [5.74, 6) is 0. The Bertz CT molecular complexity index is 456. The predicted molar refractivity (Wildman–Crippen MR) is 79.5 cm³/mol. The van der Waals surface area contributed by atoms with E-state index >= 15 is 0 Å². The molecule has 0 aromatic heterocycles. The van der Waals surface area contributed by atoms with Gasteiger partial charge in [0.05, 0.1) is 6.10 Å². The Labute approximate surface area is 121 Å². The van der Waals surface area contributed by atoms with Crippen molar-refractivity contribution >= 4 is 0 Å². The summed E-state index contributed by atoms with van der Waals surface area (Å²) in [6.07, 6.45) is 5.60. The molecule has 2 unspecified atom stereocenters. The predicted octanol–water partition coefficient (Wildman–Crippen LogP) is 2.96. The Hall–Kier alpha value is -0.900. The number of benzene rings is 1. The first-order chi connectivity index (χ1) is 9.74. The van der Waals surface area contributed by atoms with Gasteiger partial charge in [-0.3, -0.25) is 0 Å². The van der Waals surface area contributed by atoms with Crippen molar-refractivity contribution in [3.63, 3.8) is 0 Å². The van der Waals surface area contributed by atoms with Gasteiger partial charge in [0.2, 0.25) is 0 Å². The van der Waals surface area contributed by atoms with Gasteiger partial charge in [-0.1, -0.05) is 30.7 Å². The van der Waals surface area contributed by atoms with E-state index in [1.54, 1.807) is 7.11 Å². The summed E-state index contributed by atoms with van der Waals surface area (Å²) in [6.45, 7) is 1.90. The average Bonchev–Trinajstić information content (AvgIpc) is 2.75. The Morgan fingerprint density at radius 3 is 2.70 bits per heavy atom. The summed E-state index contributed by atoms with van der Waals surface area (Å²) in [7, 11) is 1.78. The normalized spacial score (nSPS) is 27.1. The van der Waals surface area contributed by atoms with Crippen LogP contribution >= 0.6 is 0 Å². The molecule has 0 heterocycles. The summed E-state index contributed by atoms with van der Waals surface area (Å²) in [5, 5.41) is 13.8. The number of methoxy groups -OCH3 is 1. The average molecular weight is 275 g/mol. The molecule has 2 aliphatic rings. The van der Waals surface area contributed by atoms with Gasteiger partial charge in [-0.05, 0) is 42.2 Å². The van der Waals surface area contributed by atoms with E-state index in [2.05, 4.69) is 17.4 Å². The summed E-state index contributed by atoms with van der Waals surface area (Å²) in [6, 6.07) is 8.57. The van der Waals surface area contributed by atoms with Crippen molar-refractivity contribution < 1.29 is 9.84 Å². The molecular weight excluding hydrogens is 250 g/mol. The van der Waals surface area contributed by atoms with Crippen LogP contribution in [0.3, 0.4) is 0 Å². The minimum absolute atomic E-state index is 0.306. The monoisotopic (exact) mass is 275 g/mol. The number of fused-ring (bicyclic) bond motifs is 1. The smallest absolute Gasteiger partial charge is 0.0811 e. The van der Waals surface area contributed by atoms with E-state index in [4.69, 9.17) is 4.74 Å². The van der Waals surface area contributed by atoms with E-state index in [-0.39, 0.29) is 6.10 Å². The molecule has 3 rings (SSSR count). The highest BCUT2D eigenvalue weighted by atomic mass is 16.5. The van der Waals surface area contributed by atoms with Crippen LogP contribution in [0, 0.1) is 5.41 Å². The fourth-order valence-electron chi connectivity index (χ4n) is 3.65. The van der Waals surface area contributed by atoms with Crippen LogP contribution in [0.25, 0.3) is 0 Å². The molecule has 1 fully saturated rings. The van der Waals surface area contributed by atoms with E-state index in [0.717, 1.165) is 31.6 Å². The van der Waals surface area contributed by atoms with E-state index in [1.165, 1.54) is 24.8 Å². The molecule has 1 saturated carbocycles. The first kappa shape index (κ1) is 14.1. The highest BCUT2D eigenvalue weighted by Gasteiger charge is 2.38. The van der Waals surface area contributed by atoms with E-state index in [0.29, 0.717) is 11.5 Å². The van der Waals surface area contributed by atoms with Crippen LogP contribution in [0.1, 0.15) is 55.4 Å². The lowest BCUT2D eigenvalue weighted by molar-refractivity contribution is 0.0646. The summed E-state index contributed by atoms with van der Waals surface area (Å²) in [4.78, 5) is 0. The molecule has 2 atom stereocenters. The van der Waals surface area contributed by atoms with Crippen molar-refractivity contribution in [1.82, 2.24) is 5.32 Å². The second kappa shape index (κ2) is 5.84. The molecule has 3 nitrogen and oxygen atoms in total. The van der Waals surface area contributed by atoms with Crippen LogP contribution in [-0.2, 0) is 4.74 Å². The summed E-state index contributed by atoms with van der Waals surface area (Å²) < 4.78 is 5.25. The lowest BCUT2D eigenvalue weighted by Crippen LogP contribution is -2.41. The standard InChI is InChI=1S/C17H25NO2/c1-20-10-9-17(7-4-8-17)12-18-15-11-16(19)14-6-3-2-5-13(14)15/h2-3,5-6,15-16,18-19H,4,7-12H2,1H3. The van der Waals surface area contributed by atoms with Gasteiger partial charge in [-0.2, -0.15) is 0 Å². The molecule has 3 heteroatoms. The zero-order valence-electron chi connectivity index (χ0n) is 12.3. The topological polar surface area (TPSA) is 41.5 Å². The van der Waals surface area contributed by atoms with Crippen molar-refractivity contribution in [3.05, 3.63) is 35.4 Å². The number of hydrogen-bond donors (Lipinski definition) is 2. The number of hydrogen-bond acceptors (Lipinski definition) is 3. The van der Waals surface area contributed by atoms with Crippen molar-refractivity contribution in [2.45, 2.75) is 44.2 Å². The third-order valence-corrected chi connectivity index (χ3v) is 5.16. The van der Waals surface area contributed by atoms with Gasteiger partial charge >= 0.3 is 0 Å². The molecule has 2 aliphatic carbocycles.